The van der Waals surface area contributed by atoms with Gasteiger partial charge in [0.2, 0.25) is 0 Å². The van der Waals surface area contributed by atoms with Gasteiger partial charge in [0.1, 0.15) is 5.75 Å². The van der Waals surface area contributed by atoms with E-state index in [1.807, 2.05) is 31.3 Å². The minimum Gasteiger partial charge on any atom is -0.495 e. The van der Waals surface area contributed by atoms with E-state index in [2.05, 4.69) is 5.32 Å². The summed E-state index contributed by atoms with van der Waals surface area (Å²) in [5.74, 6) is 1.17. The Morgan fingerprint density at radius 1 is 1.35 bits per heavy atom. The van der Waals surface area contributed by atoms with Crippen molar-refractivity contribution in [2.75, 3.05) is 33.6 Å². The van der Waals surface area contributed by atoms with Crippen LogP contribution in [0.4, 0.5) is 0 Å². The maximum absolute atomic E-state index is 12.2. The smallest absolute Gasteiger partial charge is 0.134 e. The highest BCUT2D eigenvalue weighted by Gasteiger charge is 2.15. The monoisotopic (exact) mass is 257 g/mol. The minimum atomic E-state index is -1.09. The number of methoxy groups -OCH3 is 2. The summed E-state index contributed by atoms with van der Waals surface area (Å²) < 4.78 is 22.5. The number of benzene rings is 1. The molecule has 0 fully saturated rings. The highest BCUT2D eigenvalue weighted by Crippen LogP contribution is 2.21. The van der Waals surface area contributed by atoms with Crippen LogP contribution in [-0.4, -0.2) is 43.9 Å². The molecule has 2 unspecified atom stereocenters. The average molecular weight is 257 g/mol. The first-order valence-electron chi connectivity index (χ1n) is 5.40. The minimum absolute atomic E-state index is 0.0748. The van der Waals surface area contributed by atoms with Crippen molar-refractivity contribution >= 4 is 10.8 Å². The predicted molar refractivity (Wildman–Crippen MR) is 69.0 cm³/mol. The van der Waals surface area contributed by atoms with Crippen molar-refractivity contribution in [1.29, 1.82) is 0 Å². The van der Waals surface area contributed by atoms with E-state index in [0.717, 1.165) is 4.90 Å². The number of hydrogen-bond donors (Lipinski definition) is 1. The molecule has 0 amide bonds. The molecule has 0 aliphatic rings. The number of rotatable bonds is 7. The van der Waals surface area contributed by atoms with Gasteiger partial charge in [-0.05, 0) is 19.2 Å². The summed E-state index contributed by atoms with van der Waals surface area (Å²) in [5.41, 5.74) is 0. The van der Waals surface area contributed by atoms with Gasteiger partial charge >= 0.3 is 0 Å². The third-order valence-electron chi connectivity index (χ3n) is 2.44. The Labute approximate surface area is 105 Å². The van der Waals surface area contributed by atoms with Gasteiger partial charge < -0.3 is 14.8 Å². The van der Waals surface area contributed by atoms with Gasteiger partial charge in [0.05, 0.1) is 29.4 Å². The molecule has 0 aliphatic carbocycles. The molecule has 17 heavy (non-hydrogen) atoms. The van der Waals surface area contributed by atoms with Gasteiger partial charge in [0.15, 0.2) is 0 Å². The highest BCUT2D eigenvalue weighted by atomic mass is 32.2. The second-order valence-corrected chi connectivity index (χ2v) is 5.07. The molecule has 0 bridgehead atoms. The summed E-state index contributed by atoms with van der Waals surface area (Å²) in [4.78, 5) is 0.728. The van der Waals surface area contributed by atoms with Crippen LogP contribution in [0.15, 0.2) is 29.2 Å². The third-order valence-corrected chi connectivity index (χ3v) is 3.98. The van der Waals surface area contributed by atoms with Crippen LogP contribution in [0.5, 0.6) is 5.75 Å². The van der Waals surface area contributed by atoms with Crippen LogP contribution in [0.2, 0.25) is 0 Å². The molecule has 0 heterocycles. The van der Waals surface area contributed by atoms with Gasteiger partial charge in [0, 0.05) is 18.9 Å². The standard InChI is InChI=1S/C12H19NO3S/c1-13-10(8-15-2)9-17(14)12-7-5-4-6-11(12)16-3/h4-7,10,13H,8-9H2,1-3H3. The number of para-hydroxylation sites is 1. The van der Waals surface area contributed by atoms with Crippen molar-refractivity contribution in [2.24, 2.45) is 0 Å². The molecule has 0 aliphatic heterocycles. The summed E-state index contributed by atoms with van der Waals surface area (Å²) >= 11 is 0. The molecule has 0 aromatic heterocycles. The quantitative estimate of drug-likeness (QED) is 0.793. The zero-order valence-electron chi connectivity index (χ0n) is 10.4. The maximum atomic E-state index is 12.2. The SMILES string of the molecule is CNC(COC)CS(=O)c1ccccc1OC. The fourth-order valence-corrected chi connectivity index (χ4v) is 2.91. The van der Waals surface area contributed by atoms with E-state index in [9.17, 15) is 4.21 Å². The topological polar surface area (TPSA) is 47.6 Å². The Bertz CT molecular complexity index is 371. The lowest BCUT2D eigenvalue weighted by Gasteiger charge is -2.15. The van der Waals surface area contributed by atoms with E-state index < -0.39 is 10.8 Å². The molecule has 0 spiro atoms. The van der Waals surface area contributed by atoms with Crippen molar-refractivity contribution in [3.05, 3.63) is 24.3 Å². The lowest BCUT2D eigenvalue weighted by Crippen LogP contribution is -2.35. The van der Waals surface area contributed by atoms with Crippen LogP contribution in [0.3, 0.4) is 0 Å². The summed E-state index contributed by atoms with van der Waals surface area (Å²) in [6.45, 7) is 0.539. The normalized spacial score (nSPS) is 14.3. The number of nitrogens with one attached hydrogen (secondary N) is 1. The molecular weight excluding hydrogens is 238 g/mol. The summed E-state index contributed by atoms with van der Waals surface area (Å²) in [6, 6.07) is 7.45. The van der Waals surface area contributed by atoms with Crippen LogP contribution in [0.1, 0.15) is 0 Å². The Kier molecular flexibility index (Phi) is 6.18. The van der Waals surface area contributed by atoms with Gasteiger partial charge in [0.25, 0.3) is 0 Å². The van der Waals surface area contributed by atoms with Crippen LogP contribution < -0.4 is 10.1 Å². The lowest BCUT2D eigenvalue weighted by molar-refractivity contribution is 0.176. The Morgan fingerprint density at radius 3 is 2.65 bits per heavy atom. The van der Waals surface area contributed by atoms with Gasteiger partial charge in [-0.3, -0.25) is 4.21 Å². The Morgan fingerprint density at radius 2 is 2.06 bits per heavy atom. The Hall–Kier alpha value is -0.910. The molecule has 1 aromatic rings. The van der Waals surface area contributed by atoms with Crippen LogP contribution in [-0.2, 0) is 15.5 Å². The van der Waals surface area contributed by atoms with Crippen LogP contribution in [0, 0.1) is 0 Å². The molecule has 4 nitrogen and oxygen atoms in total. The van der Waals surface area contributed by atoms with Crippen molar-refractivity contribution in [3.8, 4) is 5.75 Å². The van der Waals surface area contributed by atoms with E-state index in [0.29, 0.717) is 18.1 Å². The first kappa shape index (κ1) is 14.2. The molecular formula is C12H19NO3S. The van der Waals surface area contributed by atoms with Gasteiger partial charge in [-0.25, -0.2) is 0 Å². The van der Waals surface area contributed by atoms with Crippen molar-refractivity contribution < 1.29 is 13.7 Å². The molecule has 5 heteroatoms. The van der Waals surface area contributed by atoms with Gasteiger partial charge in [-0.1, -0.05) is 12.1 Å². The highest BCUT2D eigenvalue weighted by molar-refractivity contribution is 7.85. The molecule has 0 saturated carbocycles. The van der Waals surface area contributed by atoms with Crippen LogP contribution >= 0.6 is 0 Å². The van der Waals surface area contributed by atoms with Crippen molar-refractivity contribution in [1.82, 2.24) is 5.32 Å². The maximum Gasteiger partial charge on any atom is 0.134 e. The number of ether oxygens (including phenoxy) is 2. The van der Waals surface area contributed by atoms with Gasteiger partial charge in [-0.15, -0.1) is 0 Å². The second kappa shape index (κ2) is 7.42. The van der Waals surface area contributed by atoms with E-state index >= 15 is 0 Å². The molecule has 1 aromatic carbocycles. The van der Waals surface area contributed by atoms with E-state index in [-0.39, 0.29) is 6.04 Å². The second-order valence-electron chi connectivity index (χ2n) is 3.60. The largest absolute Gasteiger partial charge is 0.495 e. The van der Waals surface area contributed by atoms with Crippen LogP contribution in [0.25, 0.3) is 0 Å². The Balaban J connectivity index is 2.75. The molecule has 1 N–H and O–H groups in total. The molecule has 96 valence electrons. The summed E-state index contributed by atoms with van der Waals surface area (Å²) in [7, 11) is 3.96. The van der Waals surface area contributed by atoms with E-state index in [4.69, 9.17) is 9.47 Å². The first-order chi connectivity index (χ1) is 8.22. The van der Waals surface area contributed by atoms with Crippen molar-refractivity contribution in [2.45, 2.75) is 10.9 Å². The van der Waals surface area contributed by atoms with Gasteiger partial charge in [-0.2, -0.15) is 0 Å². The fourth-order valence-electron chi connectivity index (χ4n) is 1.50. The molecule has 2 atom stereocenters. The number of hydrogen-bond acceptors (Lipinski definition) is 4. The van der Waals surface area contributed by atoms with E-state index in [1.54, 1.807) is 14.2 Å². The lowest BCUT2D eigenvalue weighted by atomic mass is 10.3. The zero-order chi connectivity index (χ0) is 12.7. The predicted octanol–water partition coefficient (Wildman–Crippen LogP) is 1.04. The third kappa shape index (κ3) is 4.11. The first-order valence-corrected chi connectivity index (χ1v) is 6.72. The zero-order valence-corrected chi connectivity index (χ0v) is 11.3. The summed E-state index contributed by atoms with van der Waals surface area (Å²) in [5, 5.41) is 3.08. The van der Waals surface area contributed by atoms with Crippen molar-refractivity contribution in [3.63, 3.8) is 0 Å². The summed E-state index contributed by atoms with van der Waals surface area (Å²) in [6.07, 6.45) is 0. The molecule has 0 radical (unpaired) electrons. The fraction of sp³-hybridized carbons (Fsp3) is 0.500. The average Bonchev–Trinajstić information content (AvgIpc) is 2.38. The molecule has 1 rings (SSSR count). The van der Waals surface area contributed by atoms with E-state index in [1.165, 1.54) is 0 Å². The number of likely N-dealkylation sites (N-methyl/N-ethyl adjacent to an activating group) is 1. The molecule has 0 saturated heterocycles.